The van der Waals surface area contributed by atoms with E-state index in [0.29, 0.717) is 0 Å². The van der Waals surface area contributed by atoms with Gasteiger partial charge in [-0.1, -0.05) is 179 Å². The zero-order chi connectivity index (χ0) is 40.0. The van der Waals surface area contributed by atoms with E-state index in [0.717, 1.165) is 7.11 Å². The van der Waals surface area contributed by atoms with Gasteiger partial charge in [0, 0.05) is 7.11 Å². The minimum absolute atomic E-state index is 1.00. The van der Waals surface area contributed by atoms with Crippen LogP contribution in [0.1, 0.15) is 152 Å². The molecule has 0 fully saturated rings. The second-order valence-electron chi connectivity index (χ2n) is 0. The molecule has 4 unspecified atom stereocenters. The highest BCUT2D eigenvalue weighted by atomic mass is 31.0. The molecule has 0 aromatic rings. The Morgan fingerprint density at radius 1 is 0.200 bits per heavy atom. The number of rotatable bonds is 0. The third-order valence-corrected chi connectivity index (χ3v) is 0. The molecule has 9 heteroatoms. The van der Waals surface area contributed by atoms with Crippen LogP contribution in [0.4, 0.5) is 0 Å². The summed E-state index contributed by atoms with van der Waals surface area (Å²) in [5, 5.41) is 7.00. The molecule has 5 nitrogen and oxygen atoms in total. The molecular weight excluding hydrogens is 568 g/mol. The zero-order valence-corrected chi connectivity index (χ0v) is 40.7. The fourth-order valence-corrected chi connectivity index (χ4v) is 0. The maximum absolute atomic E-state index is 7.00. The SMILES string of the molecule is CC.CC.CC.CC.CC.CC.CC.CC.CC.CC.CC.CN.CN.CN.CN.CO.CP.CP.CP.CP. The van der Waals surface area contributed by atoms with Crippen LogP contribution in [-0.4, -0.2) is 67.1 Å². The lowest BCUT2D eigenvalue weighted by atomic mass is 11.0. The van der Waals surface area contributed by atoms with Crippen molar-refractivity contribution in [3.8, 4) is 0 Å². The lowest BCUT2D eigenvalue weighted by molar-refractivity contribution is 0.399. The van der Waals surface area contributed by atoms with E-state index in [9.17, 15) is 0 Å². The van der Waals surface area contributed by atoms with Crippen molar-refractivity contribution in [2.45, 2.75) is 152 Å². The van der Waals surface area contributed by atoms with Crippen LogP contribution in [0.3, 0.4) is 0 Å². The number of aliphatic hydroxyl groups is 1. The van der Waals surface area contributed by atoms with Crippen molar-refractivity contribution in [2.24, 2.45) is 22.9 Å². The summed E-state index contributed by atoms with van der Waals surface area (Å²) < 4.78 is 0. The highest BCUT2D eigenvalue weighted by molar-refractivity contribution is 7.15. The van der Waals surface area contributed by atoms with Crippen LogP contribution in [0.2, 0.25) is 0 Å². The highest BCUT2D eigenvalue weighted by Crippen LogP contribution is 1.47. The lowest BCUT2D eigenvalue weighted by Crippen LogP contribution is -1.69. The van der Waals surface area contributed by atoms with Gasteiger partial charge in [0.1, 0.15) is 0 Å². The molecule has 0 saturated carbocycles. The van der Waals surface area contributed by atoms with Gasteiger partial charge in [0.25, 0.3) is 0 Å². The Balaban J connectivity index is -0.00000000585. The van der Waals surface area contributed by atoms with Crippen LogP contribution in [0, 0.1) is 0 Å². The summed E-state index contributed by atoms with van der Waals surface area (Å²) in [7, 11) is 16.7. The predicted octanol–water partition coefficient (Wildman–Crippen LogP) is 11.2. The Morgan fingerprint density at radius 3 is 0.200 bits per heavy atom. The topological polar surface area (TPSA) is 124 Å². The van der Waals surface area contributed by atoms with Crippen molar-refractivity contribution in [1.82, 2.24) is 0 Å². The van der Waals surface area contributed by atoms with Gasteiger partial charge in [-0.3, -0.25) is 0 Å². The number of aliphatic hydroxyl groups excluding tert-OH is 1. The summed E-state index contributed by atoms with van der Waals surface area (Å²) in [5.74, 6) is 0. The molecule has 0 aromatic heterocycles. The Labute approximate surface area is 278 Å². The first-order valence-electron chi connectivity index (χ1n) is 16.1. The van der Waals surface area contributed by atoms with E-state index in [4.69, 9.17) is 5.11 Å². The third-order valence-electron chi connectivity index (χ3n) is 0. The zero-order valence-electron chi connectivity index (χ0n) is 36.1. The predicted molar refractivity (Wildman–Crippen MR) is 236 cm³/mol. The number of hydrogen-bond donors (Lipinski definition) is 5. The molecule has 0 amide bonds. The summed E-state index contributed by atoms with van der Waals surface area (Å²) in [6, 6.07) is 0. The van der Waals surface area contributed by atoms with Gasteiger partial charge in [-0.15, -0.1) is 37.0 Å². The van der Waals surface area contributed by atoms with E-state index >= 15 is 0 Å². The molecular formula is C31H110N4OP4. The first kappa shape index (κ1) is 147. The molecule has 0 aromatic carbocycles. The van der Waals surface area contributed by atoms with Crippen LogP contribution >= 0.6 is 37.0 Å². The summed E-state index contributed by atoms with van der Waals surface area (Å²) in [6.07, 6.45) is 0. The molecule has 0 bridgehead atoms. The van der Waals surface area contributed by atoms with Gasteiger partial charge >= 0.3 is 0 Å². The van der Waals surface area contributed by atoms with Crippen molar-refractivity contribution < 1.29 is 5.11 Å². The fourth-order valence-electron chi connectivity index (χ4n) is 0. The van der Waals surface area contributed by atoms with Gasteiger partial charge in [-0.25, -0.2) is 0 Å². The Hall–Kier alpha value is 1.52. The summed E-state index contributed by atoms with van der Waals surface area (Å²) >= 11 is 0. The quantitative estimate of drug-likeness (QED) is 0.163. The first-order chi connectivity index (χ1) is 20.0. The molecule has 0 saturated heterocycles. The van der Waals surface area contributed by atoms with Gasteiger partial charge in [0.15, 0.2) is 0 Å². The smallest absolute Gasteiger partial charge is 0.0319 e. The van der Waals surface area contributed by atoms with E-state index < -0.39 is 0 Å². The van der Waals surface area contributed by atoms with Crippen LogP contribution in [0.15, 0.2) is 0 Å². The van der Waals surface area contributed by atoms with E-state index in [-0.39, 0.29) is 0 Å². The van der Waals surface area contributed by atoms with Crippen LogP contribution in [-0.2, 0) is 0 Å². The maximum Gasteiger partial charge on any atom is 0.0319 e. The summed E-state index contributed by atoms with van der Waals surface area (Å²) in [5.41, 5.74) is 18.0. The van der Waals surface area contributed by atoms with Gasteiger partial charge < -0.3 is 28.0 Å². The van der Waals surface area contributed by atoms with Crippen LogP contribution in [0.25, 0.3) is 0 Å². The molecule has 0 heterocycles. The van der Waals surface area contributed by atoms with Crippen molar-refractivity contribution in [3.63, 3.8) is 0 Å². The highest BCUT2D eigenvalue weighted by Gasteiger charge is 0.958. The fraction of sp³-hybridized carbons (Fsp3) is 1.00. The molecule has 0 rings (SSSR count). The molecule has 0 spiro atoms. The summed E-state index contributed by atoms with van der Waals surface area (Å²) in [6.45, 7) is 51.7. The van der Waals surface area contributed by atoms with Crippen LogP contribution < -0.4 is 22.9 Å². The second kappa shape index (κ2) is 27400. The second-order valence-corrected chi connectivity index (χ2v) is 0. The Bertz CT molecular complexity index is 43.3. The molecule has 280 valence electrons. The van der Waals surface area contributed by atoms with Crippen LogP contribution in [0.5, 0.6) is 0 Å². The van der Waals surface area contributed by atoms with Crippen molar-refractivity contribution in [2.75, 3.05) is 62.0 Å². The van der Waals surface area contributed by atoms with E-state index in [1.165, 1.54) is 28.2 Å². The van der Waals surface area contributed by atoms with Gasteiger partial charge in [0.05, 0.1) is 0 Å². The average molecular weight is 679 g/mol. The van der Waals surface area contributed by atoms with Gasteiger partial charge in [0.2, 0.25) is 0 Å². The molecule has 0 aliphatic carbocycles. The van der Waals surface area contributed by atoms with Crippen molar-refractivity contribution in [3.05, 3.63) is 0 Å². The largest absolute Gasteiger partial charge is 0.400 e. The van der Waals surface area contributed by atoms with Crippen molar-refractivity contribution >= 4 is 37.0 Å². The monoisotopic (exact) mass is 679 g/mol. The lowest BCUT2D eigenvalue weighted by Gasteiger charge is -1.21. The molecule has 0 aliphatic heterocycles. The van der Waals surface area contributed by atoms with E-state index in [1.54, 1.807) is 0 Å². The van der Waals surface area contributed by atoms with Gasteiger partial charge in [-0.2, -0.15) is 0 Å². The Morgan fingerprint density at radius 2 is 0.200 bits per heavy atom. The number of nitrogens with two attached hydrogens (primary N) is 4. The average Bonchev–Trinajstić information content (AvgIpc) is 3.21. The number of hydrogen-bond acceptors (Lipinski definition) is 5. The molecule has 0 radical (unpaired) electrons. The van der Waals surface area contributed by atoms with E-state index in [1.807, 2.05) is 179 Å². The minimum Gasteiger partial charge on any atom is -0.400 e. The molecule has 40 heavy (non-hydrogen) atoms. The third kappa shape index (κ3) is 25400. The molecule has 4 atom stereocenters. The maximum atomic E-state index is 7.00. The first-order valence-corrected chi connectivity index (χ1v) is 20.7. The Kier molecular flexibility index (Phi) is 101000. The molecule has 9 N–H and O–H groups in total. The molecule has 0 aliphatic rings. The minimum atomic E-state index is 1.00. The normalized spacial score (nSPS) is 3.00. The standard InChI is InChI=1S/11C2H6.4CH5N.CH4O.4CH5P/c20*1-2/h11*1-2H3;4*2H2,1H3;2H,1H3;4*2H2,1H3. The van der Waals surface area contributed by atoms with Gasteiger partial charge in [-0.05, 0) is 28.2 Å². The van der Waals surface area contributed by atoms with Crippen molar-refractivity contribution in [1.29, 1.82) is 0 Å². The summed E-state index contributed by atoms with van der Waals surface area (Å²) in [4.78, 5) is 0. The van der Waals surface area contributed by atoms with E-state index in [2.05, 4.69) is 59.9 Å².